The topological polar surface area (TPSA) is 69.0 Å². The number of rotatable bonds is 4. The van der Waals surface area contributed by atoms with E-state index in [9.17, 15) is 5.11 Å². The number of azide groups is 1. The van der Waals surface area contributed by atoms with Gasteiger partial charge in [0.05, 0.1) is 6.10 Å². The Kier molecular flexibility index (Phi) is 4.30. The zero-order chi connectivity index (χ0) is 14.6. The van der Waals surface area contributed by atoms with Gasteiger partial charge in [-0.25, -0.2) is 0 Å². The van der Waals surface area contributed by atoms with Crippen LogP contribution < -0.4 is 0 Å². The maximum absolute atomic E-state index is 10.6. The van der Waals surface area contributed by atoms with E-state index in [0.717, 1.165) is 5.56 Å². The Balaban J connectivity index is 2.47. The lowest BCUT2D eigenvalue weighted by molar-refractivity contribution is 0.0934. The third-order valence-corrected chi connectivity index (χ3v) is 3.58. The summed E-state index contributed by atoms with van der Waals surface area (Å²) < 4.78 is 0. The molecular formula is C15H14ClN3O. The van der Waals surface area contributed by atoms with E-state index in [-0.39, 0.29) is 0 Å². The first-order valence-electron chi connectivity index (χ1n) is 6.13. The van der Waals surface area contributed by atoms with Crippen LogP contribution in [0.4, 0.5) is 0 Å². The van der Waals surface area contributed by atoms with Crippen molar-refractivity contribution in [3.63, 3.8) is 0 Å². The Labute approximate surface area is 122 Å². The van der Waals surface area contributed by atoms with Gasteiger partial charge in [0.1, 0.15) is 5.54 Å². The van der Waals surface area contributed by atoms with E-state index in [2.05, 4.69) is 10.0 Å². The molecule has 0 heterocycles. The number of hydrogen-bond donors (Lipinski definition) is 1. The summed E-state index contributed by atoms with van der Waals surface area (Å²) in [5.41, 5.74) is 9.15. The molecule has 0 saturated heterocycles. The van der Waals surface area contributed by atoms with Gasteiger partial charge in [0.2, 0.25) is 0 Å². The van der Waals surface area contributed by atoms with Crippen LogP contribution in [0.5, 0.6) is 0 Å². The van der Waals surface area contributed by atoms with Crippen molar-refractivity contribution < 1.29 is 5.11 Å². The average Bonchev–Trinajstić information content (AvgIpc) is 2.48. The lowest BCUT2D eigenvalue weighted by atomic mass is 9.84. The Morgan fingerprint density at radius 3 is 2.30 bits per heavy atom. The number of aliphatic hydroxyl groups is 1. The summed E-state index contributed by atoms with van der Waals surface area (Å²) in [6, 6.07) is 16.0. The molecule has 0 saturated carbocycles. The fourth-order valence-electron chi connectivity index (χ4n) is 2.11. The van der Waals surface area contributed by atoms with Crippen LogP contribution in [0.2, 0.25) is 5.02 Å². The van der Waals surface area contributed by atoms with Gasteiger partial charge in [0.15, 0.2) is 0 Å². The smallest absolute Gasteiger partial charge is 0.101 e. The Bertz CT molecular complexity index is 623. The molecule has 0 aliphatic heterocycles. The van der Waals surface area contributed by atoms with Gasteiger partial charge in [0, 0.05) is 9.93 Å². The molecule has 0 amide bonds. The number of benzene rings is 2. The zero-order valence-corrected chi connectivity index (χ0v) is 11.7. The molecule has 102 valence electrons. The lowest BCUT2D eigenvalue weighted by Gasteiger charge is -2.30. The van der Waals surface area contributed by atoms with Crippen LogP contribution in [0.15, 0.2) is 59.7 Å². The van der Waals surface area contributed by atoms with Crippen molar-refractivity contribution in [3.8, 4) is 0 Å². The van der Waals surface area contributed by atoms with Crippen molar-refractivity contribution in [1.82, 2.24) is 0 Å². The zero-order valence-electron chi connectivity index (χ0n) is 10.9. The van der Waals surface area contributed by atoms with Gasteiger partial charge < -0.3 is 5.11 Å². The van der Waals surface area contributed by atoms with Gasteiger partial charge >= 0.3 is 0 Å². The highest BCUT2D eigenvalue weighted by molar-refractivity contribution is 6.30. The van der Waals surface area contributed by atoms with Crippen LogP contribution >= 0.6 is 11.6 Å². The number of hydrogen-bond acceptors (Lipinski definition) is 2. The molecule has 0 fully saturated rings. The molecule has 0 unspecified atom stereocenters. The van der Waals surface area contributed by atoms with E-state index < -0.39 is 11.6 Å². The molecule has 0 bridgehead atoms. The average molecular weight is 288 g/mol. The molecule has 2 aromatic rings. The second-order valence-corrected chi connectivity index (χ2v) is 5.09. The minimum Gasteiger partial charge on any atom is -0.387 e. The monoisotopic (exact) mass is 287 g/mol. The molecule has 2 aromatic carbocycles. The minimum atomic E-state index is -1.08. The lowest BCUT2D eigenvalue weighted by Crippen LogP contribution is -2.27. The molecule has 20 heavy (non-hydrogen) atoms. The highest BCUT2D eigenvalue weighted by atomic mass is 35.5. The summed E-state index contributed by atoms with van der Waals surface area (Å²) >= 11 is 5.85. The van der Waals surface area contributed by atoms with Crippen molar-refractivity contribution in [2.75, 3.05) is 0 Å². The van der Waals surface area contributed by atoms with Crippen LogP contribution in [0, 0.1) is 0 Å². The molecule has 1 N–H and O–H groups in total. The maximum atomic E-state index is 10.6. The first kappa shape index (κ1) is 14.4. The van der Waals surface area contributed by atoms with E-state index in [1.165, 1.54) is 0 Å². The molecule has 0 radical (unpaired) electrons. The fourth-order valence-corrected chi connectivity index (χ4v) is 2.23. The molecule has 4 nitrogen and oxygen atoms in total. The van der Waals surface area contributed by atoms with Crippen LogP contribution in [0.1, 0.15) is 24.2 Å². The molecule has 0 aromatic heterocycles. The minimum absolute atomic E-state index is 0.589. The molecule has 0 spiro atoms. The van der Waals surface area contributed by atoms with Crippen molar-refractivity contribution in [3.05, 3.63) is 81.2 Å². The van der Waals surface area contributed by atoms with Crippen LogP contribution in [-0.4, -0.2) is 5.11 Å². The Morgan fingerprint density at radius 2 is 1.75 bits per heavy atom. The SMILES string of the molecule is C[C@](N=[N+]=[N-])(c1ccccc1)[C@@H](O)c1ccc(Cl)cc1. The largest absolute Gasteiger partial charge is 0.387 e. The third kappa shape index (κ3) is 2.78. The summed E-state index contributed by atoms with van der Waals surface area (Å²) in [6.07, 6.45) is -0.960. The Morgan fingerprint density at radius 1 is 1.15 bits per heavy atom. The molecule has 2 atom stereocenters. The molecule has 0 aliphatic carbocycles. The summed E-state index contributed by atoms with van der Waals surface area (Å²) in [6.45, 7) is 1.71. The maximum Gasteiger partial charge on any atom is 0.101 e. The van der Waals surface area contributed by atoms with Crippen LogP contribution in [0.3, 0.4) is 0 Å². The van der Waals surface area contributed by atoms with Crippen molar-refractivity contribution in [2.24, 2.45) is 5.11 Å². The normalized spacial score (nSPS) is 14.9. The van der Waals surface area contributed by atoms with Gasteiger partial charge in [-0.15, -0.1) is 0 Å². The van der Waals surface area contributed by atoms with Crippen LogP contribution in [0.25, 0.3) is 10.4 Å². The van der Waals surface area contributed by atoms with E-state index in [1.807, 2.05) is 30.3 Å². The quantitative estimate of drug-likeness (QED) is 0.498. The second-order valence-electron chi connectivity index (χ2n) is 4.66. The molecule has 2 rings (SSSR count). The first-order chi connectivity index (χ1) is 9.58. The van der Waals surface area contributed by atoms with Crippen molar-refractivity contribution in [1.29, 1.82) is 0 Å². The highest BCUT2D eigenvalue weighted by Crippen LogP contribution is 2.38. The van der Waals surface area contributed by atoms with E-state index in [4.69, 9.17) is 17.1 Å². The van der Waals surface area contributed by atoms with Crippen LogP contribution in [-0.2, 0) is 5.54 Å². The van der Waals surface area contributed by atoms with Gasteiger partial charge in [-0.3, -0.25) is 0 Å². The molecule has 0 aliphatic rings. The second kappa shape index (κ2) is 5.97. The fraction of sp³-hybridized carbons (Fsp3) is 0.200. The van der Waals surface area contributed by atoms with Crippen molar-refractivity contribution in [2.45, 2.75) is 18.6 Å². The predicted octanol–water partition coefficient (Wildman–Crippen LogP) is 4.60. The van der Waals surface area contributed by atoms with E-state index >= 15 is 0 Å². The van der Waals surface area contributed by atoms with Gasteiger partial charge in [0.25, 0.3) is 0 Å². The molecule has 5 heteroatoms. The molecular weight excluding hydrogens is 274 g/mol. The first-order valence-corrected chi connectivity index (χ1v) is 6.51. The summed E-state index contributed by atoms with van der Waals surface area (Å²) in [4.78, 5) is 2.89. The van der Waals surface area contributed by atoms with Gasteiger partial charge in [-0.1, -0.05) is 59.2 Å². The summed E-state index contributed by atoms with van der Waals surface area (Å²) in [5, 5.41) is 15.0. The standard InChI is InChI=1S/C15H14ClN3O/c1-15(18-19-17,12-5-3-2-4-6-12)14(20)11-7-9-13(16)10-8-11/h2-10,14,20H,1H3/t14-,15-/m0/s1. The highest BCUT2D eigenvalue weighted by Gasteiger charge is 2.35. The van der Waals surface area contributed by atoms with Crippen molar-refractivity contribution >= 4 is 11.6 Å². The summed E-state index contributed by atoms with van der Waals surface area (Å²) in [7, 11) is 0. The predicted molar refractivity (Wildman–Crippen MR) is 79.4 cm³/mol. The summed E-state index contributed by atoms with van der Waals surface area (Å²) in [5.74, 6) is 0. The third-order valence-electron chi connectivity index (χ3n) is 3.33. The van der Waals surface area contributed by atoms with E-state index in [0.29, 0.717) is 10.6 Å². The van der Waals surface area contributed by atoms with Gasteiger partial charge in [-0.2, -0.15) is 0 Å². The van der Waals surface area contributed by atoms with Gasteiger partial charge in [-0.05, 0) is 35.7 Å². The number of aliphatic hydroxyl groups excluding tert-OH is 1. The van der Waals surface area contributed by atoms with E-state index in [1.54, 1.807) is 31.2 Å². The number of nitrogens with zero attached hydrogens (tertiary/aromatic N) is 3. The Hall–Kier alpha value is -2.00. The number of halogens is 1.